The first-order valence-electron chi connectivity index (χ1n) is 15.8. The van der Waals surface area contributed by atoms with Crippen molar-refractivity contribution in [3.8, 4) is 0 Å². The number of piperazine rings is 1. The van der Waals surface area contributed by atoms with E-state index in [1.807, 2.05) is 6.92 Å². The number of anilines is 2. The number of benzene rings is 2. The summed E-state index contributed by atoms with van der Waals surface area (Å²) in [6, 6.07) is 14.2. The second-order valence-electron chi connectivity index (χ2n) is 12.8. The Morgan fingerprint density at radius 2 is 1.76 bits per heavy atom. The van der Waals surface area contributed by atoms with Crippen LogP contribution in [-0.4, -0.2) is 83.8 Å². The van der Waals surface area contributed by atoms with E-state index in [0.717, 1.165) is 63.6 Å². The van der Waals surface area contributed by atoms with E-state index in [4.69, 9.17) is 0 Å². The number of likely N-dealkylation sites (tertiary alicyclic amines) is 1. The van der Waals surface area contributed by atoms with Gasteiger partial charge in [-0.2, -0.15) is 5.10 Å². The van der Waals surface area contributed by atoms with Crippen LogP contribution in [-0.2, 0) is 23.2 Å². The molecule has 3 fully saturated rings. The molecular formula is C34H42FN7O3. The quantitative estimate of drug-likeness (QED) is 0.392. The minimum Gasteiger partial charge on any atom is -0.379 e. The lowest BCUT2D eigenvalue weighted by Crippen LogP contribution is -2.46. The predicted molar refractivity (Wildman–Crippen MR) is 172 cm³/mol. The number of hydrogen-bond donors (Lipinski definition) is 2. The van der Waals surface area contributed by atoms with Gasteiger partial charge in [-0.1, -0.05) is 24.3 Å². The second kappa shape index (κ2) is 13.1. The molecule has 2 N–H and O–H groups in total. The molecule has 1 aromatic heterocycles. The van der Waals surface area contributed by atoms with Crippen molar-refractivity contribution in [3.05, 3.63) is 87.1 Å². The van der Waals surface area contributed by atoms with Crippen molar-refractivity contribution >= 4 is 23.2 Å². The lowest BCUT2D eigenvalue weighted by Gasteiger charge is -2.37. The van der Waals surface area contributed by atoms with Crippen LogP contribution in [0.1, 0.15) is 53.4 Å². The topological polar surface area (TPSA) is 103 Å². The SMILES string of the molecule is Cc1c(NC2CC(c3ccc(CN4CCN(c5ccc(F)c(C6CCC(=O)NC6=O)c5)CC4)cc3)CN(C)C2)cnn(C)c1=O. The van der Waals surface area contributed by atoms with Crippen molar-refractivity contribution in [3.63, 3.8) is 0 Å². The number of nitrogens with zero attached hydrogens (tertiary/aromatic N) is 5. The van der Waals surface area contributed by atoms with E-state index in [0.29, 0.717) is 23.5 Å². The lowest BCUT2D eigenvalue weighted by molar-refractivity contribution is -0.134. The molecule has 0 saturated carbocycles. The Kier molecular flexibility index (Phi) is 9.00. The summed E-state index contributed by atoms with van der Waals surface area (Å²) < 4.78 is 16.1. The molecule has 6 rings (SSSR count). The fourth-order valence-corrected chi connectivity index (χ4v) is 6.99. The molecule has 238 valence electrons. The minimum atomic E-state index is -0.635. The molecule has 11 heteroatoms. The van der Waals surface area contributed by atoms with Gasteiger partial charge in [-0.3, -0.25) is 24.6 Å². The zero-order valence-corrected chi connectivity index (χ0v) is 26.3. The van der Waals surface area contributed by atoms with Gasteiger partial charge in [0, 0.05) is 82.1 Å². The fourth-order valence-electron chi connectivity index (χ4n) is 6.99. The van der Waals surface area contributed by atoms with E-state index >= 15 is 0 Å². The van der Waals surface area contributed by atoms with Crippen LogP contribution in [0.5, 0.6) is 0 Å². The van der Waals surface area contributed by atoms with Crippen molar-refractivity contribution < 1.29 is 14.0 Å². The Morgan fingerprint density at radius 3 is 2.49 bits per heavy atom. The van der Waals surface area contributed by atoms with Gasteiger partial charge in [0.1, 0.15) is 5.82 Å². The summed E-state index contributed by atoms with van der Waals surface area (Å²) in [6.07, 6.45) is 3.28. The number of rotatable bonds is 7. The summed E-state index contributed by atoms with van der Waals surface area (Å²) in [4.78, 5) is 43.3. The monoisotopic (exact) mass is 615 g/mol. The Hall–Kier alpha value is -4.09. The highest BCUT2D eigenvalue weighted by atomic mass is 19.1. The van der Waals surface area contributed by atoms with Crippen LogP contribution in [0.25, 0.3) is 0 Å². The molecule has 3 aliphatic heterocycles. The molecule has 10 nitrogen and oxygen atoms in total. The lowest BCUT2D eigenvalue weighted by atomic mass is 9.87. The summed E-state index contributed by atoms with van der Waals surface area (Å²) in [7, 11) is 3.81. The molecule has 3 aromatic rings. The molecule has 3 saturated heterocycles. The normalized spacial score (nSPS) is 23.2. The highest BCUT2D eigenvalue weighted by molar-refractivity contribution is 6.01. The average molecular weight is 616 g/mol. The molecule has 0 aliphatic carbocycles. The third-order valence-electron chi connectivity index (χ3n) is 9.56. The van der Waals surface area contributed by atoms with E-state index in [1.165, 1.54) is 21.9 Å². The largest absolute Gasteiger partial charge is 0.379 e. The van der Waals surface area contributed by atoms with E-state index < -0.39 is 17.6 Å². The number of hydrogen-bond acceptors (Lipinski definition) is 8. The van der Waals surface area contributed by atoms with Gasteiger partial charge < -0.3 is 15.1 Å². The van der Waals surface area contributed by atoms with Crippen LogP contribution in [0.4, 0.5) is 15.8 Å². The molecule has 3 unspecified atom stereocenters. The first-order chi connectivity index (χ1) is 21.6. The maximum atomic E-state index is 14.7. The van der Waals surface area contributed by atoms with Crippen LogP contribution in [0.2, 0.25) is 0 Å². The molecule has 45 heavy (non-hydrogen) atoms. The van der Waals surface area contributed by atoms with Gasteiger partial charge in [0.2, 0.25) is 11.8 Å². The predicted octanol–water partition coefficient (Wildman–Crippen LogP) is 2.97. The molecule has 4 heterocycles. The molecular weight excluding hydrogens is 573 g/mol. The number of aromatic nitrogens is 2. The number of aryl methyl sites for hydroxylation is 1. The van der Waals surface area contributed by atoms with E-state index in [9.17, 15) is 18.8 Å². The van der Waals surface area contributed by atoms with Crippen LogP contribution < -0.4 is 21.1 Å². The highest BCUT2D eigenvalue weighted by Gasteiger charge is 2.31. The summed E-state index contributed by atoms with van der Waals surface area (Å²) in [6.45, 7) is 7.98. The van der Waals surface area contributed by atoms with Crippen LogP contribution in [0.3, 0.4) is 0 Å². The van der Waals surface area contributed by atoms with Gasteiger partial charge in [0.25, 0.3) is 5.56 Å². The van der Waals surface area contributed by atoms with Crippen molar-refractivity contribution in [1.29, 1.82) is 0 Å². The van der Waals surface area contributed by atoms with E-state index in [1.54, 1.807) is 25.4 Å². The zero-order chi connectivity index (χ0) is 31.7. The summed E-state index contributed by atoms with van der Waals surface area (Å²) >= 11 is 0. The van der Waals surface area contributed by atoms with Gasteiger partial charge in [0.05, 0.1) is 17.8 Å². The van der Waals surface area contributed by atoms with Crippen LogP contribution in [0.15, 0.2) is 53.5 Å². The zero-order valence-electron chi connectivity index (χ0n) is 26.3. The number of carbonyl (C=O) groups is 2. The van der Waals surface area contributed by atoms with Crippen molar-refractivity contribution in [1.82, 2.24) is 24.9 Å². The molecule has 0 spiro atoms. The Balaban J connectivity index is 1.03. The smallest absolute Gasteiger partial charge is 0.271 e. The summed E-state index contributed by atoms with van der Waals surface area (Å²) in [5.41, 5.74) is 5.29. The number of nitrogens with one attached hydrogen (secondary N) is 2. The molecule has 3 aliphatic rings. The number of carbonyl (C=O) groups excluding carboxylic acids is 2. The number of imide groups is 1. The number of likely N-dealkylation sites (N-methyl/N-ethyl adjacent to an activating group) is 1. The van der Waals surface area contributed by atoms with Crippen molar-refractivity contribution in [2.24, 2.45) is 7.05 Å². The first kappa shape index (κ1) is 30.9. The second-order valence-corrected chi connectivity index (χ2v) is 12.8. The number of piperidine rings is 2. The van der Waals surface area contributed by atoms with Gasteiger partial charge in [-0.15, -0.1) is 0 Å². The van der Waals surface area contributed by atoms with Gasteiger partial charge in [-0.05, 0) is 62.1 Å². The Labute approximate surface area is 263 Å². The molecule has 2 amide bonds. The van der Waals surface area contributed by atoms with Gasteiger partial charge in [0.15, 0.2) is 0 Å². The number of halogens is 1. The van der Waals surface area contributed by atoms with E-state index in [2.05, 4.69) is 61.7 Å². The van der Waals surface area contributed by atoms with Crippen molar-refractivity contribution in [2.45, 2.75) is 50.6 Å². The highest BCUT2D eigenvalue weighted by Crippen LogP contribution is 2.32. The molecule has 0 bridgehead atoms. The molecule has 2 aromatic carbocycles. The Morgan fingerprint density at radius 1 is 1.00 bits per heavy atom. The third kappa shape index (κ3) is 6.94. The van der Waals surface area contributed by atoms with Gasteiger partial charge >= 0.3 is 0 Å². The van der Waals surface area contributed by atoms with Crippen molar-refractivity contribution in [2.75, 3.05) is 56.5 Å². The molecule has 0 radical (unpaired) electrons. The maximum Gasteiger partial charge on any atom is 0.271 e. The van der Waals surface area contributed by atoms with Crippen LogP contribution >= 0.6 is 0 Å². The summed E-state index contributed by atoms with van der Waals surface area (Å²) in [5, 5.41) is 10.1. The number of amides is 2. The maximum absolute atomic E-state index is 14.7. The summed E-state index contributed by atoms with van der Waals surface area (Å²) in [5.74, 6) is -1.37. The fraction of sp³-hybridized carbons (Fsp3) is 0.471. The third-order valence-corrected chi connectivity index (χ3v) is 9.56. The first-order valence-corrected chi connectivity index (χ1v) is 15.8. The average Bonchev–Trinajstić information content (AvgIpc) is 3.02. The standard InChI is InChI=1S/C34H42FN7O3/c1-22-31(18-36-40(3)34(22)45)37-26-16-25(20-39(2)21-26)24-6-4-23(5-7-24)19-41-12-14-42(15-13-41)27-8-10-30(35)29(17-27)28-9-11-32(43)38-33(28)44/h4-8,10,17-18,25-26,28,37H,9,11-16,19-21H2,1-3H3,(H,38,43,44). The molecule has 3 atom stereocenters. The Bertz CT molecular complexity index is 1620. The van der Waals surface area contributed by atoms with Gasteiger partial charge in [-0.25, -0.2) is 9.07 Å². The minimum absolute atomic E-state index is 0.0768. The van der Waals surface area contributed by atoms with E-state index in [-0.39, 0.29) is 23.9 Å². The van der Waals surface area contributed by atoms with Crippen LogP contribution in [0, 0.1) is 12.7 Å².